The van der Waals surface area contributed by atoms with Gasteiger partial charge in [-0.1, -0.05) is 28.1 Å². The van der Waals surface area contributed by atoms with Crippen molar-refractivity contribution in [3.8, 4) is 0 Å². The number of halogens is 1. The Bertz CT molecular complexity index is 591. The van der Waals surface area contributed by atoms with E-state index in [9.17, 15) is 4.79 Å². The lowest BCUT2D eigenvalue weighted by Gasteiger charge is -2.07. The first-order chi connectivity index (χ1) is 9.08. The molecule has 2 rings (SSSR count). The van der Waals surface area contributed by atoms with Gasteiger partial charge in [0.25, 0.3) is 5.91 Å². The van der Waals surface area contributed by atoms with Gasteiger partial charge in [-0.25, -0.2) is 0 Å². The van der Waals surface area contributed by atoms with Crippen LogP contribution in [0.5, 0.6) is 0 Å². The van der Waals surface area contributed by atoms with Crippen LogP contribution in [0.4, 0.5) is 5.69 Å². The Hall–Kier alpha value is -1.65. The highest BCUT2D eigenvalue weighted by molar-refractivity contribution is 9.10. The number of amides is 1. The number of aliphatic hydroxyl groups excluding tert-OH is 1. The molecular weight excluding hydrogens is 306 g/mol. The van der Waals surface area contributed by atoms with Gasteiger partial charge in [0.05, 0.1) is 6.61 Å². The first-order valence-electron chi connectivity index (χ1n) is 5.87. The van der Waals surface area contributed by atoms with Crippen LogP contribution in [-0.4, -0.2) is 11.0 Å². The molecule has 0 bridgehead atoms. The van der Waals surface area contributed by atoms with E-state index in [2.05, 4.69) is 21.2 Å². The third kappa shape index (κ3) is 3.66. The summed E-state index contributed by atoms with van der Waals surface area (Å²) in [5.41, 5.74) is 3.06. The Kier molecular flexibility index (Phi) is 4.35. The molecular formula is C15H14BrNO2. The minimum Gasteiger partial charge on any atom is -0.392 e. The van der Waals surface area contributed by atoms with E-state index in [4.69, 9.17) is 5.11 Å². The Morgan fingerprint density at radius 2 is 2.05 bits per heavy atom. The summed E-state index contributed by atoms with van der Waals surface area (Å²) in [6.07, 6.45) is 0. The number of benzene rings is 2. The lowest BCUT2D eigenvalue weighted by atomic mass is 10.1. The van der Waals surface area contributed by atoms with Crippen LogP contribution in [0.15, 0.2) is 46.9 Å². The molecule has 0 aliphatic heterocycles. The molecule has 2 N–H and O–H groups in total. The molecule has 0 atom stereocenters. The lowest BCUT2D eigenvalue weighted by molar-refractivity contribution is 0.102. The monoisotopic (exact) mass is 319 g/mol. The molecule has 19 heavy (non-hydrogen) atoms. The maximum atomic E-state index is 12.1. The minimum absolute atomic E-state index is 0.0420. The highest BCUT2D eigenvalue weighted by atomic mass is 79.9. The summed E-state index contributed by atoms with van der Waals surface area (Å²) in [5.74, 6) is -0.167. The minimum atomic E-state index is -0.167. The molecule has 0 spiro atoms. The quantitative estimate of drug-likeness (QED) is 0.909. The van der Waals surface area contributed by atoms with Crippen molar-refractivity contribution < 1.29 is 9.90 Å². The van der Waals surface area contributed by atoms with Crippen LogP contribution in [0.25, 0.3) is 0 Å². The zero-order valence-electron chi connectivity index (χ0n) is 10.5. The third-order valence-corrected chi connectivity index (χ3v) is 3.13. The van der Waals surface area contributed by atoms with Gasteiger partial charge in [-0.15, -0.1) is 0 Å². The van der Waals surface area contributed by atoms with Gasteiger partial charge < -0.3 is 10.4 Å². The van der Waals surface area contributed by atoms with Crippen molar-refractivity contribution in [3.05, 3.63) is 63.6 Å². The zero-order chi connectivity index (χ0) is 13.8. The second-order valence-corrected chi connectivity index (χ2v) is 5.25. The molecule has 0 aliphatic rings. The van der Waals surface area contributed by atoms with Gasteiger partial charge in [0.15, 0.2) is 0 Å². The van der Waals surface area contributed by atoms with Gasteiger partial charge in [-0.3, -0.25) is 4.79 Å². The summed E-state index contributed by atoms with van der Waals surface area (Å²) in [6, 6.07) is 12.7. The molecule has 0 aromatic heterocycles. The highest BCUT2D eigenvalue weighted by Gasteiger charge is 2.07. The topological polar surface area (TPSA) is 49.3 Å². The van der Waals surface area contributed by atoms with Crippen molar-refractivity contribution in [1.82, 2.24) is 0 Å². The van der Waals surface area contributed by atoms with Crippen molar-refractivity contribution in [2.75, 3.05) is 5.32 Å². The zero-order valence-corrected chi connectivity index (χ0v) is 12.1. The second-order valence-electron chi connectivity index (χ2n) is 4.33. The average Bonchev–Trinajstić information content (AvgIpc) is 2.37. The summed E-state index contributed by atoms with van der Waals surface area (Å²) in [5, 5.41) is 11.9. The number of nitrogens with one attached hydrogen (secondary N) is 1. The molecule has 4 heteroatoms. The Morgan fingerprint density at radius 3 is 2.74 bits per heavy atom. The molecule has 0 heterocycles. The number of anilines is 1. The molecule has 98 valence electrons. The number of carbonyl (C=O) groups is 1. The van der Waals surface area contributed by atoms with Gasteiger partial charge in [-0.05, 0) is 48.4 Å². The fourth-order valence-corrected chi connectivity index (χ4v) is 2.43. The van der Waals surface area contributed by atoms with Gasteiger partial charge in [-0.2, -0.15) is 0 Å². The van der Waals surface area contributed by atoms with Crippen molar-refractivity contribution in [1.29, 1.82) is 0 Å². The van der Waals surface area contributed by atoms with Crippen molar-refractivity contribution in [2.24, 2.45) is 0 Å². The first kappa shape index (κ1) is 13.8. The molecule has 0 unspecified atom stereocenters. The van der Waals surface area contributed by atoms with Crippen LogP contribution in [-0.2, 0) is 6.61 Å². The molecule has 3 nitrogen and oxygen atoms in total. The summed E-state index contributed by atoms with van der Waals surface area (Å²) >= 11 is 3.38. The summed E-state index contributed by atoms with van der Waals surface area (Å²) in [4.78, 5) is 12.1. The van der Waals surface area contributed by atoms with E-state index in [-0.39, 0.29) is 12.5 Å². The molecule has 0 fully saturated rings. The summed E-state index contributed by atoms with van der Waals surface area (Å²) in [7, 11) is 0. The van der Waals surface area contributed by atoms with Gasteiger partial charge >= 0.3 is 0 Å². The normalized spacial score (nSPS) is 10.3. The maximum absolute atomic E-state index is 12.1. The fourth-order valence-electron chi connectivity index (χ4n) is 1.82. The van der Waals surface area contributed by atoms with E-state index in [1.54, 1.807) is 30.3 Å². The van der Waals surface area contributed by atoms with Crippen molar-refractivity contribution >= 4 is 27.5 Å². The summed E-state index contributed by atoms with van der Waals surface area (Å²) < 4.78 is 0.877. The summed E-state index contributed by atoms with van der Waals surface area (Å²) in [6.45, 7) is 1.90. The Labute approximate surface area is 120 Å². The van der Waals surface area contributed by atoms with Gasteiger partial charge in [0.2, 0.25) is 0 Å². The maximum Gasteiger partial charge on any atom is 0.255 e. The standard InChI is InChI=1S/C15H14BrNO2/c1-10-5-12(8-13(16)6-10)15(19)17-14-4-2-3-11(7-14)9-18/h2-8,18H,9H2,1H3,(H,17,19). The van der Waals surface area contributed by atoms with E-state index >= 15 is 0 Å². The van der Waals surface area contributed by atoms with Gasteiger partial charge in [0, 0.05) is 15.7 Å². The molecule has 0 saturated carbocycles. The number of carbonyl (C=O) groups excluding carboxylic acids is 1. The Morgan fingerprint density at radius 1 is 1.26 bits per heavy atom. The number of aryl methyl sites for hydroxylation is 1. The highest BCUT2D eigenvalue weighted by Crippen LogP contribution is 2.17. The van der Waals surface area contributed by atoms with Crippen LogP contribution in [0.1, 0.15) is 21.5 Å². The first-order valence-corrected chi connectivity index (χ1v) is 6.66. The van der Waals surface area contributed by atoms with Crippen LogP contribution in [0.3, 0.4) is 0 Å². The van der Waals surface area contributed by atoms with E-state index < -0.39 is 0 Å². The van der Waals surface area contributed by atoms with Crippen LogP contribution >= 0.6 is 15.9 Å². The van der Waals surface area contributed by atoms with Crippen LogP contribution < -0.4 is 5.32 Å². The fraction of sp³-hybridized carbons (Fsp3) is 0.133. The largest absolute Gasteiger partial charge is 0.392 e. The van der Waals surface area contributed by atoms with E-state index in [1.807, 2.05) is 19.1 Å². The smallest absolute Gasteiger partial charge is 0.255 e. The van der Waals surface area contributed by atoms with E-state index in [1.165, 1.54) is 0 Å². The van der Waals surface area contributed by atoms with Crippen LogP contribution in [0, 0.1) is 6.92 Å². The van der Waals surface area contributed by atoms with Crippen molar-refractivity contribution in [3.63, 3.8) is 0 Å². The number of hydrogen-bond acceptors (Lipinski definition) is 2. The number of aliphatic hydroxyl groups is 1. The second kappa shape index (κ2) is 5.99. The van der Waals surface area contributed by atoms with Gasteiger partial charge in [0.1, 0.15) is 0 Å². The molecule has 1 amide bonds. The molecule has 2 aromatic carbocycles. The SMILES string of the molecule is Cc1cc(Br)cc(C(=O)Nc2cccc(CO)c2)c1. The average molecular weight is 320 g/mol. The molecule has 0 aliphatic carbocycles. The van der Waals surface area contributed by atoms with E-state index in [0.29, 0.717) is 11.3 Å². The molecule has 0 saturated heterocycles. The van der Waals surface area contributed by atoms with Crippen LogP contribution in [0.2, 0.25) is 0 Å². The predicted molar refractivity (Wildman–Crippen MR) is 79.2 cm³/mol. The third-order valence-electron chi connectivity index (χ3n) is 2.67. The predicted octanol–water partition coefficient (Wildman–Crippen LogP) is 3.50. The molecule has 0 radical (unpaired) electrons. The lowest BCUT2D eigenvalue weighted by Crippen LogP contribution is -2.12. The number of rotatable bonds is 3. The Balaban J connectivity index is 2.20. The van der Waals surface area contributed by atoms with E-state index in [0.717, 1.165) is 15.6 Å². The molecule has 2 aromatic rings. The van der Waals surface area contributed by atoms with Crippen molar-refractivity contribution in [2.45, 2.75) is 13.5 Å². The number of hydrogen-bond donors (Lipinski definition) is 2.